The second-order valence-electron chi connectivity index (χ2n) is 7.80. The van der Waals surface area contributed by atoms with Crippen LogP contribution < -0.4 is 37.7 Å². The van der Waals surface area contributed by atoms with Crippen LogP contribution in [0.25, 0.3) is 5.57 Å². The summed E-state index contributed by atoms with van der Waals surface area (Å²) in [6, 6.07) is 9.01. The molecule has 0 amide bonds. The van der Waals surface area contributed by atoms with E-state index < -0.39 is 0 Å². The molecule has 0 radical (unpaired) electrons. The Balaban J connectivity index is 0.00000220. The van der Waals surface area contributed by atoms with Crippen LogP contribution in [-0.2, 0) is 5.41 Å². The SMILES string of the molecule is CC(C)(C)C1=CC=C(c2ccc(C(C)(C)C)cc2)[CH-]C1.[Li+].[Li+]. The van der Waals surface area contributed by atoms with Crippen molar-refractivity contribution >= 4 is 5.57 Å². The van der Waals surface area contributed by atoms with Gasteiger partial charge < -0.3 is 0 Å². The Morgan fingerprint density at radius 2 is 1.32 bits per heavy atom. The van der Waals surface area contributed by atoms with Crippen LogP contribution in [0.4, 0.5) is 0 Å². The Kier molecular flexibility index (Phi) is 7.95. The third kappa shape index (κ3) is 5.44. The van der Waals surface area contributed by atoms with Gasteiger partial charge in [0, 0.05) is 0 Å². The van der Waals surface area contributed by atoms with Gasteiger partial charge in [0.1, 0.15) is 0 Å². The molecule has 1 aromatic carbocycles. The van der Waals surface area contributed by atoms with Crippen molar-refractivity contribution in [3.63, 3.8) is 0 Å². The molecule has 0 fully saturated rings. The van der Waals surface area contributed by atoms with E-state index >= 15 is 0 Å². The van der Waals surface area contributed by atoms with Crippen molar-refractivity contribution in [2.75, 3.05) is 0 Å². The number of hydrogen-bond acceptors (Lipinski definition) is 0. The molecule has 0 saturated heterocycles. The monoisotopic (exact) mass is 281 g/mol. The van der Waals surface area contributed by atoms with Crippen molar-refractivity contribution in [1.82, 2.24) is 0 Å². The molecule has 1 aromatic rings. The van der Waals surface area contributed by atoms with E-state index in [9.17, 15) is 0 Å². The zero-order chi connectivity index (χ0) is 15.0. The summed E-state index contributed by atoms with van der Waals surface area (Å²) in [5.41, 5.74) is 6.06. The molecule has 0 unspecified atom stereocenters. The van der Waals surface area contributed by atoms with Gasteiger partial charge in [0.25, 0.3) is 0 Å². The van der Waals surface area contributed by atoms with Gasteiger partial charge in [0.15, 0.2) is 0 Å². The van der Waals surface area contributed by atoms with Crippen LogP contribution in [-0.4, -0.2) is 0 Å². The molecule has 108 valence electrons. The van der Waals surface area contributed by atoms with E-state index in [1.165, 1.54) is 22.3 Å². The summed E-state index contributed by atoms with van der Waals surface area (Å²) in [6.45, 7) is 13.6. The van der Waals surface area contributed by atoms with Gasteiger partial charge >= 0.3 is 37.7 Å². The second-order valence-corrected chi connectivity index (χ2v) is 7.80. The third-order valence-electron chi connectivity index (χ3n) is 4.05. The van der Waals surface area contributed by atoms with E-state index in [1.807, 2.05) is 0 Å². The minimum Gasteiger partial charge on any atom is -0.185 e. The summed E-state index contributed by atoms with van der Waals surface area (Å²) >= 11 is 0. The van der Waals surface area contributed by atoms with Gasteiger partial charge in [-0.15, -0.1) is 23.8 Å². The van der Waals surface area contributed by atoms with Gasteiger partial charge in [-0.05, 0) is 16.4 Å². The van der Waals surface area contributed by atoms with Crippen LogP contribution in [0.15, 0.2) is 42.0 Å². The van der Waals surface area contributed by atoms with Gasteiger partial charge in [-0.25, -0.2) is 0 Å². The largest absolute Gasteiger partial charge is 1.00 e. The molecule has 0 aliphatic heterocycles. The quantitative estimate of drug-likeness (QED) is 0.500. The van der Waals surface area contributed by atoms with E-state index in [0.717, 1.165) is 6.42 Å². The average Bonchev–Trinajstić information content (AvgIpc) is 2.37. The summed E-state index contributed by atoms with van der Waals surface area (Å²) in [7, 11) is 0. The molecule has 22 heavy (non-hydrogen) atoms. The number of rotatable bonds is 1. The van der Waals surface area contributed by atoms with Crippen LogP contribution in [0.3, 0.4) is 0 Å². The van der Waals surface area contributed by atoms with Crippen molar-refractivity contribution in [2.24, 2.45) is 5.41 Å². The predicted molar refractivity (Wildman–Crippen MR) is 89.6 cm³/mol. The predicted octanol–water partition coefficient (Wildman–Crippen LogP) is -0.0440. The summed E-state index contributed by atoms with van der Waals surface area (Å²) in [4.78, 5) is 0. The standard InChI is InChI=1S/C20H27.2Li/c1-19(2,3)17-11-7-15(8-12-17)16-9-13-18(14-10-16)20(4,5)6;;/h7-13H,14H2,1-6H3;;/q-1;2*+1. The Morgan fingerprint density at radius 1 is 0.773 bits per heavy atom. The van der Waals surface area contributed by atoms with Gasteiger partial charge in [-0.3, -0.25) is 0 Å². The van der Waals surface area contributed by atoms with Crippen molar-refractivity contribution in [3.8, 4) is 0 Å². The van der Waals surface area contributed by atoms with Crippen LogP contribution in [0.5, 0.6) is 0 Å². The topological polar surface area (TPSA) is 0 Å². The summed E-state index contributed by atoms with van der Waals surface area (Å²) in [6.07, 6.45) is 7.98. The van der Waals surface area contributed by atoms with Crippen LogP contribution >= 0.6 is 0 Å². The molecule has 1 aliphatic rings. The fraction of sp³-hybridized carbons (Fsp3) is 0.450. The Hall–Kier alpha value is -0.235. The molecule has 0 heterocycles. The summed E-state index contributed by atoms with van der Waals surface area (Å²) < 4.78 is 0. The second kappa shape index (κ2) is 8.04. The summed E-state index contributed by atoms with van der Waals surface area (Å²) in [5, 5.41) is 0. The molecule has 0 N–H and O–H groups in total. The molecular formula is C20H27Li2+. The normalized spacial score (nSPS) is 14.8. The van der Waals surface area contributed by atoms with Crippen molar-refractivity contribution in [3.05, 3.63) is 59.5 Å². The molecule has 2 rings (SSSR count). The maximum Gasteiger partial charge on any atom is 1.00 e. The van der Waals surface area contributed by atoms with Gasteiger partial charge in [0.05, 0.1) is 0 Å². The van der Waals surface area contributed by atoms with Crippen LogP contribution in [0.1, 0.15) is 59.1 Å². The van der Waals surface area contributed by atoms with E-state index in [-0.39, 0.29) is 48.6 Å². The molecular weight excluding hydrogens is 254 g/mol. The number of benzene rings is 1. The van der Waals surface area contributed by atoms with Crippen molar-refractivity contribution < 1.29 is 37.7 Å². The molecule has 0 aromatic heterocycles. The molecule has 1 aliphatic carbocycles. The minimum atomic E-state index is 0. The number of allylic oxidation sites excluding steroid dienone is 4. The average molecular weight is 281 g/mol. The van der Waals surface area contributed by atoms with E-state index in [1.54, 1.807) is 0 Å². The zero-order valence-corrected chi connectivity index (χ0v) is 15.7. The van der Waals surface area contributed by atoms with Crippen LogP contribution in [0.2, 0.25) is 0 Å². The molecule has 0 atom stereocenters. The summed E-state index contributed by atoms with van der Waals surface area (Å²) in [5.74, 6) is 0. The Labute approximate surface area is 161 Å². The maximum atomic E-state index is 2.35. The molecule has 0 bridgehead atoms. The maximum absolute atomic E-state index is 2.35. The van der Waals surface area contributed by atoms with Crippen molar-refractivity contribution in [1.29, 1.82) is 0 Å². The van der Waals surface area contributed by atoms with Gasteiger partial charge in [-0.2, -0.15) is 18.1 Å². The number of hydrogen-bond donors (Lipinski definition) is 0. The first-order chi connectivity index (χ1) is 9.18. The molecule has 0 spiro atoms. The fourth-order valence-corrected chi connectivity index (χ4v) is 2.48. The third-order valence-corrected chi connectivity index (χ3v) is 4.05. The first-order valence-electron chi connectivity index (χ1n) is 7.53. The molecule has 0 nitrogen and oxygen atoms in total. The fourth-order valence-electron chi connectivity index (χ4n) is 2.48. The van der Waals surface area contributed by atoms with E-state index in [0.29, 0.717) is 0 Å². The molecule has 2 heteroatoms. The first kappa shape index (κ1) is 21.8. The van der Waals surface area contributed by atoms with E-state index in [2.05, 4.69) is 84.4 Å². The smallest absolute Gasteiger partial charge is 0.185 e. The molecule has 0 saturated carbocycles. The van der Waals surface area contributed by atoms with E-state index in [4.69, 9.17) is 0 Å². The van der Waals surface area contributed by atoms with Crippen molar-refractivity contribution in [2.45, 2.75) is 53.4 Å². The zero-order valence-electron chi connectivity index (χ0n) is 15.7. The minimum absolute atomic E-state index is 0. The Bertz CT molecular complexity index is 535. The first-order valence-corrected chi connectivity index (χ1v) is 7.53. The van der Waals surface area contributed by atoms with Crippen LogP contribution in [0, 0.1) is 11.8 Å². The Morgan fingerprint density at radius 3 is 1.68 bits per heavy atom. The van der Waals surface area contributed by atoms with Gasteiger partial charge in [0.2, 0.25) is 0 Å². The van der Waals surface area contributed by atoms with Gasteiger partial charge in [-0.1, -0.05) is 65.7 Å².